The highest BCUT2D eigenvalue weighted by molar-refractivity contribution is 7.86. The molecule has 6 nitrogen and oxygen atoms in total. The Labute approximate surface area is 119 Å². The Morgan fingerprint density at radius 1 is 1.29 bits per heavy atom. The van der Waals surface area contributed by atoms with Gasteiger partial charge in [0.2, 0.25) is 5.54 Å². The van der Waals surface area contributed by atoms with Crippen LogP contribution < -0.4 is 0 Å². The van der Waals surface area contributed by atoms with Crippen molar-refractivity contribution < 1.29 is 25.9 Å². The first kappa shape index (κ1) is 15.7. The molecule has 0 amide bonds. The van der Waals surface area contributed by atoms with E-state index in [0.29, 0.717) is 0 Å². The highest BCUT2D eigenvalue weighted by Gasteiger charge is 2.60. The number of alkyl halides is 3. The zero-order valence-corrected chi connectivity index (χ0v) is 11.9. The highest BCUT2D eigenvalue weighted by Crippen LogP contribution is 2.40. The Hall–Kier alpha value is -1.68. The SMILES string of the molecule is Cc1ccc(S(=O)(=O)ON2N=NCC2(C)C(F)(F)F)cc1. The van der Waals surface area contributed by atoms with Gasteiger partial charge in [0.25, 0.3) is 0 Å². The molecule has 1 atom stereocenters. The summed E-state index contributed by atoms with van der Waals surface area (Å²) in [5, 5.41) is 6.33. The second kappa shape index (κ2) is 4.95. The molecule has 0 radical (unpaired) electrons. The molecule has 1 aromatic rings. The normalized spacial score (nSPS) is 22.8. The summed E-state index contributed by atoms with van der Waals surface area (Å²) < 4.78 is 67.4. The van der Waals surface area contributed by atoms with E-state index in [1.807, 2.05) is 0 Å². The quantitative estimate of drug-likeness (QED) is 0.857. The summed E-state index contributed by atoms with van der Waals surface area (Å²) in [6.45, 7) is 1.77. The fraction of sp³-hybridized carbons (Fsp3) is 0.455. The molecule has 10 heteroatoms. The van der Waals surface area contributed by atoms with Crippen LogP contribution in [-0.4, -0.2) is 31.8 Å². The van der Waals surface area contributed by atoms with E-state index in [1.165, 1.54) is 24.3 Å². The van der Waals surface area contributed by atoms with Gasteiger partial charge in [0.1, 0.15) is 0 Å². The van der Waals surface area contributed by atoms with Gasteiger partial charge >= 0.3 is 16.3 Å². The van der Waals surface area contributed by atoms with Crippen LogP contribution in [0, 0.1) is 6.92 Å². The fourth-order valence-electron chi connectivity index (χ4n) is 1.52. The van der Waals surface area contributed by atoms with E-state index in [4.69, 9.17) is 0 Å². The molecular weight excluding hydrogens is 311 g/mol. The summed E-state index contributed by atoms with van der Waals surface area (Å²) in [6, 6.07) is 5.49. The molecule has 0 fully saturated rings. The van der Waals surface area contributed by atoms with Crippen molar-refractivity contribution in [3.8, 4) is 0 Å². The maximum Gasteiger partial charge on any atom is 0.417 e. The molecule has 0 saturated heterocycles. The van der Waals surface area contributed by atoms with E-state index in [0.717, 1.165) is 12.5 Å². The minimum absolute atomic E-state index is 0.0117. The van der Waals surface area contributed by atoms with E-state index >= 15 is 0 Å². The van der Waals surface area contributed by atoms with Gasteiger partial charge < -0.3 is 0 Å². The molecule has 0 spiro atoms. The molecule has 2 rings (SSSR count). The zero-order chi connectivity index (χ0) is 15.9. The molecule has 1 aromatic carbocycles. The van der Waals surface area contributed by atoms with Crippen LogP contribution in [0.2, 0.25) is 0 Å². The van der Waals surface area contributed by atoms with Gasteiger partial charge in [-0.3, -0.25) is 0 Å². The molecule has 116 valence electrons. The van der Waals surface area contributed by atoms with Crippen molar-refractivity contribution in [2.45, 2.75) is 30.5 Å². The van der Waals surface area contributed by atoms with Crippen LogP contribution in [0.15, 0.2) is 39.5 Å². The molecule has 21 heavy (non-hydrogen) atoms. The van der Waals surface area contributed by atoms with E-state index in [2.05, 4.69) is 14.6 Å². The lowest BCUT2D eigenvalue weighted by Crippen LogP contribution is -2.54. The lowest BCUT2D eigenvalue weighted by molar-refractivity contribution is -0.270. The smallest absolute Gasteiger partial charge is 0.192 e. The summed E-state index contributed by atoms with van der Waals surface area (Å²) >= 11 is 0. The van der Waals surface area contributed by atoms with E-state index in [9.17, 15) is 21.6 Å². The number of aryl methyl sites for hydroxylation is 1. The molecule has 1 heterocycles. The number of halogens is 3. The topological polar surface area (TPSA) is 71.3 Å². The lowest BCUT2D eigenvalue weighted by Gasteiger charge is -2.31. The molecule has 0 aromatic heterocycles. The number of hydrogen-bond donors (Lipinski definition) is 0. The number of benzene rings is 1. The van der Waals surface area contributed by atoms with Crippen molar-refractivity contribution in [2.24, 2.45) is 10.3 Å². The average molecular weight is 323 g/mol. The van der Waals surface area contributed by atoms with Gasteiger partial charge in [-0.2, -0.15) is 26.7 Å². The summed E-state index contributed by atoms with van der Waals surface area (Å²) in [5.74, 6) is 0. The molecule has 0 N–H and O–H groups in total. The predicted octanol–water partition coefficient (Wildman–Crippen LogP) is 2.62. The minimum atomic E-state index is -4.75. The third-order valence-corrected chi connectivity index (χ3v) is 4.22. The van der Waals surface area contributed by atoms with E-state index in [1.54, 1.807) is 6.92 Å². The monoisotopic (exact) mass is 323 g/mol. The molecule has 0 bridgehead atoms. The maximum absolute atomic E-state index is 13.0. The Balaban J connectivity index is 2.28. The minimum Gasteiger partial charge on any atom is -0.192 e. The Morgan fingerprint density at radius 2 is 1.86 bits per heavy atom. The third kappa shape index (κ3) is 2.86. The van der Waals surface area contributed by atoms with Crippen LogP contribution >= 0.6 is 0 Å². The largest absolute Gasteiger partial charge is 0.417 e. The van der Waals surface area contributed by atoms with Crippen LogP contribution in [0.4, 0.5) is 13.2 Å². The van der Waals surface area contributed by atoms with Crippen LogP contribution in [0.1, 0.15) is 12.5 Å². The summed E-state index contributed by atoms with van der Waals surface area (Å²) in [7, 11) is -4.42. The summed E-state index contributed by atoms with van der Waals surface area (Å²) in [6.07, 6.45) is -4.75. The number of hydrogen-bond acceptors (Lipinski definition) is 6. The molecular formula is C11H12F3N3O3S. The van der Waals surface area contributed by atoms with Crippen molar-refractivity contribution in [2.75, 3.05) is 6.54 Å². The van der Waals surface area contributed by atoms with Crippen LogP contribution in [-0.2, 0) is 14.4 Å². The first-order valence-electron chi connectivity index (χ1n) is 5.82. The van der Waals surface area contributed by atoms with Crippen molar-refractivity contribution >= 4 is 10.1 Å². The molecule has 0 aliphatic carbocycles. The average Bonchev–Trinajstić information content (AvgIpc) is 2.71. The number of hydroxylamine groups is 1. The zero-order valence-electron chi connectivity index (χ0n) is 11.1. The van der Waals surface area contributed by atoms with Crippen molar-refractivity contribution in [1.82, 2.24) is 5.17 Å². The Kier molecular flexibility index (Phi) is 3.70. The maximum atomic E-state index is 13.0. The van der Waals surface area contributed by atoms with E-state index in [-0.39, 0.29) is 10.1 Å². The van der Waals surface area contributed by atoms with Gasteiger partial charge in [0.15, 0.2) is 0 Å². The summed E-state index contributed by atoms with van der Waals surface area (Å²) in [5.41, 5.74) is -1.82. The predicted molar refractivity (Wildman–Crippen MR) is 65.5 cm³/mol. The second-order valence-electron chi connectivity index (χ2n) is 4.78. The van der Waals surface area contributed by atoms with Gasteiger partial charge in [0, 0.05) is 0 Å². The Bertz CT molecular complexity index is 658. The number of nitrogens with zero attached hydrogens (tertiary/aromatic N) is 3. The van der Waals surface area contributed by atoms with Gasteiger partial charge in [-0.25, -0.2) is 0 Å². The van der Waals surface area contributed by atoms with Crippen LogP contribution in [0.5, 0.6) is 0 Å². The third-order valence-electron chi connectivity index (χ3n) is 3.03. The van der Waals surface area contributed by atoms with Crippen molar-refractivity contribution in [3.05, 3.63) is 29.8 Å². The Morgan fingerprint density at radius 3 is 2.38 bits per heavy atom. The number of rotatable bonds is 3. The highest BCUT2D eigenvalue weighted by atomic mass is 32.2. The van der Waals surface area contributed by atoms with Gasteiger partial charge in [0.05, 0.1) is 11.4 Å². The first-order chi connectivity index (χ1) is 9.56. The molecule has 0 saturated carbocycles. The van der Waals surface area contributed by atoms with Crippen LogP contribution in [0.3, 0.4) is 0 Å². The van der Waals surface area contributed by atoms with Gasteiger partial charge in [-0.1, -0.05) is 17.7 Å². The lowest BCUT2D eigenvalue weighted by atomic mass is 10.0. The van der Waals surface area contributed by atoms with Gasteiger partial charge in [-0.15, -0.1) is 9.46 Å². The van der Waals surface area contributed by atoms with Gasteiger partial charge in [-0.05, 0) is 31.2 Å². The van der Waals surface area contributed by atoms with Crippen molar-refractivity contribution in [3.63, 3.8) is 0 Å². The van der Waals surface area contributed by atoms with E-state index < -0.39 is 28.4 Å². The fourth-order valence-corrected chi connectivity index (χ4v) is 2.46. The second-order valence-corrected chi connectivity index (χ2v) is 6.30. The molecule has 1 aliphatic heterocycles. The van der Waals surface area contributed by atoms with Crippen molar-refractivity contribution in [1.29, 1.82) is 0 Å². The van der Waals surface area contributed by atoms with Crippen LogP contribution in [0.25, 0.3) is 0 Å². The molecule has 1 aliphatic rings. The molecule has 1 unspecified atom stereocenters. The summed E-state index contributed by atoms with van der Waals surface area (Å²) in [4.78, 5) is -0.264. The standard InChI is InChI=1S/C11H12F3N3O3S/c1-8-3-5-9(6-4-8)21(18,19)20-17-10(2,7-15-16-17)11(12,13)14/h3-6H,7H2,1-2H3. The first-order valence-corrected chi connectivity index (χ1v) is 7.23.